The molecule has 8 nitrogen and oxygen atoms in total. The molecule has 0 radical (unpaired) electrons. The zero-order valence-corrected chi connectivity index (χ0v) is 12.3. The smallest absolute Gasteiger partial charge is 0.407 e. The van der Waals surface area contributed by atoms with Crippen molar-refractivity contribution in [1.82, 2.24) is 5.32 Å². The van der Waals surface area contributed by atoms with E-state index in [1.165, 1.54) is 6.08 Å². The summed E-state index contributed by atoms with van der Waals surface area (Å²) in [5.74, 6) is -1.51. The standard InChI is InChI=1S/C14H22N2O6/c15-12(17)4-2-1-3-11(13(18)19)16-14(20)22-9-10-5-7-21-8-6-10/h2,4,10-11H,1,3,5-9H2,(H2,15,17)(H,16,20)(H,18,19)/b4-2+/t11-/m0/s1. The lowest BCUT2D eigenvalue weighted by Crippen LogP contribution is -2.41. The molecule has 0 aromatic rings. The first-order valence-electron chi connectivity index (χ1n) is 7.19. The number of nitrogens with two attached hydrogens (primary N) is 1. The van der Waals surface area contributed by atoms with Gasteiger partial charge in [-0.25, -0.2) is 9.59 Å². The second-order valence-electron chi connectivity index (χ2n) is 5.07. The van der Waals surface area contributed by atoms with Gasteiger partial charge in [0, 0.05) is 13.2 Å². The SMILES string of the molecule is NC(=O)/C=C/CC[C@H](NC(=O)OCC1CCOCC1)C(=O)O. The van der Waals surface area contributed by atoms with E-state index in [1.807, 2.05) is 0 Å². The molecule has 1 atom stereocenters. The average Bonchev–Trinajstić information content (AvgIpc) is 2.48. The summed E-state index contributed by atoms with van der Waals surface area (Å²) in [5, 5.41) is 11.3. The molecule has 0 saturated carbocycles. The molecule has 8 heteroatoms. The van der Waals surface area contributed by atoms with Gasteiger partial charge in [0.2, 0.25) is 5.91 Å². The molecule has 22 heavy (non-hydrogen) atoms. The molecule has 0 bridgehead atoms. The van der Waals surface area contributed by atoms with E-state index < -0.39 is 24.0 Å². The highest BCUT2D eigenvalue weighted by Gasteiger charge is 2.21. The number of carboxylic acid groups (broad SMARTS) is 1. The largest absolute Gasteiger partial charge is 0.480 e. The number of hydrogen-bond donors (Lipinski definition) is 3. The maximum atomic E-state index is 11.6. The molecule has 1 aliphatic rings. The van der Waals surface area contributed by atoms with Crippen LogP contribution in [0.15, 0.2) is 12.2 Å². The second-order valence-corrected chi connectivity index (χ2v) is 5.07. The zero-order valence-electron chi connectivity index (χ0n) is 12.3. The molecule has 0 spiro atoms. The van der Waals surface area contributed by atoms with Crippen molar-refractivity contribution >= 4 is 18.0 Å². The molecule has 1 aliphatic heterocycles. The third kappa shape index (κ3) is 7.63. The average molecular weight is 314 g/mol. The number of nitrogens with one attached hydrogen (secondary N) is 1. The fraction of sp³-hybridized carbons (Fsp3) is 0.643. The van der Waals surface area contributed by atoms with Crippen molar-refractivity contribution in [2.75, 3.05) is 19.8 Å². The molecule has 1 heterocycles. The Labute approximate surface area is 128 Å². The fourth-order valence-corrected chi connectivity index (χ4v) is 2.01. The highest BCUT2D eigenvalue weighted by Crippen LogP contribution is 2.14. The first-order chi connectivity index (χ1) is 10.5. The van der Waals surface area contributed by atoms with Gasteiger partial charge in [0.1, 0.15) is 6.04 Å². The number of allylic oxidation sites excluding steroid dienone is 1. The summed E-state index contributed by atoms with van der Waals surface area (Å²) >= 11 is 0. The Bertz CT molecular complexity index is 418. The predicted octanol–water partition coefficient (Wildman–Crippen LogP) is 0.414. The van der Waals surface area contributed by atoms with E-state index in [0.717, 1.165) is 18.9 Å². The van der Waals surface area contributed by atoms with Gasteiger partial charge in [0.25, 0.3) is 0 Å². The Morgan fingerprint density at radius 1 is 1.36 bits per heavy atom. The fourth-order valence-electron chi connectivity index (χ4n) is 2.01. The lowest BCUT2D eigenvalue weighted by Gasteiger charge is -2.22. The molecule has 1 saturated heterocycles. The number of alkyl carbamates (subject to hydrolysis) is 1. The molecule has 0 aromatic carbocycles. The zero-order chi connectivity index (χ0) is 16.4. The van der Waals surface area contributed by atoms with Crippen molar-refractivity contribution in [2.45, 2.75) is 31.7 Å². The molecule has 2 amide bonds. The van der Waals surface area contributed by atoms with Gasteiger partial charge in [-0.1, -0.05) is 6.08 Å². The Morgan fingerprint density at radius 3 is 2.64 bits per heavy atom. The topological polar surface area (TPSA) is 128 Å². The molecule has 0 unspecified atom stereocenters. The van der Waals surface area contributed by atoms with Crippen LogP contribution in [0.5, 0.6) is 0 Å². The Hall–Kier alpha value is -2.09. The van der Waals surface area contributed by atoms with Crippen molar-refractivity contribution in [3.05, 3.63) is 12.2 Å². The number of primary amides is 1. The number of carbonyl (C=O) groups is 3. The summed E-state index contributed by atoms with van der Waals surface area (Å²) in [4.78, 5) is 33.2. The van der Waals surface area contributed by atoms with E-state index >= 15 is 0 Å². The van der Waals surface area contributed by atoms with Crippen LogP contribution in [0.4, 0.5) is 4.79 Å². The van der Waals surface area contributed by atoms with Crippen molar-refractivity contribution in [2.24, 2.45) is 11.7 Å². The number of carbonyl (C=O) groups excluding carboxylic acids is 2. The second kappa shape index (κ2) is 9.78. The molecule has 4 N–H and O–H groups in total. The Balaban J connectivity index is 2.30. The van der Waals surface area contributed by atoms with E-state index in [0.29, 0.717) is 19.6 Å². The molecule has 1 fully saturated rings. The summed E-state index contributed by atoms with van der Waals surface area (Å²) in [6, 6.07) is -1.07. The maximum Gasteiger partial charge on any atom is 0.407 e. The van der Waals surface area contributed by atoms with Gasteiger partial charge in [0.05, 0.1) is 6.61 Å². The van der Waals surface area contributed by atoms with Gasteiger partial charge in [-0.3, -0.25) is 4.79 Å². The Morgan fingerprint density at radius 2 is 2.05 bits per heavy atom. The number of amides is 2. The van der Waals surface area contributed by atoms with Gasteiger partial charge in [-0.15, -0.1) is 0 Å². The maximum absolute atomic E-state index is 11.6. The van der Waals surface area contributed by atoms with Crippen LogP contribution < -0.4 is 11.1 Å². The molecule has 1 rings (SSSR count). The summed E-state index contributed by atoms with van der Waals surface area (Å²) in [6.07, 6.45) is 3.97. The molecular weight excluding hydrogens is 292 g/mol. The number of rotatable bonds is 8. The first kappa shape index (κ1) is 18.0. The normalized spacial score (nSPS) is 17.1. The van der Waals surface area contributed by atoms with E-state index in [1.54, 1.807) is 0 Å². The lowest BCUT2D eigenvalue weighted by molar-refractivity contribution is -0.139. The predicted molar refractivity (Wildman–Crippen MR) is 77.0 cm³/mol. The minimum absolute atomic E-state index is 0.144. The highest BCUT2D eigenvalue weighted by molar-refractivity contribution is 5.85. The number of carboxylic acids is 1. The molecule has 0 aliphatic carbocycles. The minimum atomic E-state index is -1.16. The molecule has 124 valence electrons. The van der Waals surface area contributed by atoms with Crippen molar-refractivity contribution in [3.8, 4) is 0 Å². The monoisotopic (exact) mass is 314 g/mol. The Kier molecular flexibility index (Phi) is 7.98. The van der Waals surface area contributed by atoms with E-state index in [-0.39, 0.29) is 18.9 Å². The third-order valence-corrected chi connectivity index (χ3v) is 3.29. The van der Waals surface area contributed by atoms with Crippen LogP contribution >= 0.6 is 0 Å². The van der Waals surface area contributed by atoms with Crippen molar-refractivity contribution in [3.63, 3.8) is 0 Å². The van der Waals surface area contributed by atoms with Gasteiger partial charge in [-0.05, 0) is 37.7 Å². The number of aliphatic carboxylic acids is 1. The van der Waals surface area contributed by atoms with Crippen LogP contribution in [0, 0.1) is 5.92 Å². The van der Waals surface area contributed by atoms with Crippen molar-refractivity contribution in [1.29, 1.82) is 0 Å². The highest BCUT2D eigenvalue weighted by atomic mass is 16.5. The van der Waals surface area contributed by atoms with Gasteiger partial charge >= 0.3 is 12.1 Å². The first-order valence-corrected chi connectivity index (χ1v) is 7.19. The van der Waals surface area contributed by atoms with Crippen molar-refractivity contribution < 1.29 is 29.0 Å². The summed E-state index contributed by atoms with van der Waals surface area (Å²) in [5.41, 5.74) is 4.92. The molecular formula is C14H22N2O6. The van der Waals surface area contributed by atoms with Crippen LogP contribution in [0.25, 0.3) is 0 Å². The number of hydrogen-bond acceptors (Lipinski definition) is 5. The lowest BCUT2D eigenvalue weighted by atomic mass is 10.0. The van der Waals surface area contributed by atoms with Gasteiger partial charge in [0.15, 0.2) is 0 Å². The summed E-state index contributed by atoms with van der Waals surface area (Å²) < 4.78 is 10.2. The van der Waals surface area contributed by atoms with Crippen LogP contribution in [0.2, 0.25) is 0 Å². The summed E-state index contributed by atoms with van der Waals surface area (Å²) in [7, 11) is 0. The summed E-state index contributed by atoms with van der Waals surface area (Å²) in [6.45, 7) is 1.56. The van der Waals surface area contributed by atoms with E-state index in [2.05, 4.69) is 5.32 Å². The quantitative estimate of drug-likeness (QED) is 0.557. The molecule has 0 aromatic heterocycles. The van der Waals surface area contributed by atoms with Gasteiger partial charge in [-0.2, -0.15) is 0 Å². The minimum Gasteiger partial charge on any atom is -0.480 e. The van der Waals surface area contributed by atoms with Crippen LogP contribution in [0.1, 0.15) is 25.7 Å². The number of ether oxygens (including phenoxy) is 2. The van der Waals surface area contributed by atoms with Crippen LogP contribution in [-0.4, -0.2) is 48.9 Å². The van der Waals surface area contributed by atoms with Crippen LogP contribution in [-0.2, 0) is 19.1 Å². The van der Waals surface area contributed by atoms with E-state index in [4.69, 9.17) is 20.3 Å². The van der Waals surface area contributed by atoms with E-state index in [9.17, 15) is 14.4 Å². The van der Waals surface area contributed by atoms with Crippen LogP contribution in [0.3, 0.4) is 0 Å². The third-order valence-electron chi connectivity index (χ3n) is 3.29. The van der Waals surface area contributed by atoms with Gasteiger partial charge < -0.3 is 25.6 Å².